The number of carbonyl (C=O) groups is 6. The van der Waals surface area contributed by atoms with Crippen molar-refractivity contribution in [1.82, 2.24) is 4.90 Å². The predicted octanol–water partition coefficient (Wildman–Crippen LogP) is 15.2. The molecule has 4 aliphatic heterocycles. The zero-order valence-corrected chi connectivity index (χ0v) is 74.5. The monoisotopic (exact) mass is 1770 g/mol. The van der Waals surface area contributed by atoms with Crippen molar-refractivity contribution in [2.24, 2.45) is 0 Å². The lowest BCUT2D eigenvalue weighted by Gasteiger charge is -2.51. The van der Waals surface area contributed by atoms with E-state index in [1.165, 1.54) is 14.0 Å². The maximum atomic E-state index is 15.9. The molecule has 25 heteroatoms. The molecular formula is C104H113NO23Si. The molecule has 4 heterocycles. The van der Waals surface area contributed by atoms with Gasteiger partial charge in [0, 0.05) is 19.4 Å². The summed E-state index contributed by atoms with van der Waals surface area (Å²) in [6.07, 6.45) is -19.4. The Labute approximate surface area is 754 Å². The SMILES string of the molecule is COC(=O)CCCCCO[C@@H]1O[C@H](CO[C@@H]2O[C@H](CO[Si](c3ccccc3)(c3ccccc3)C(C)(C)C)[C@H](OC(=O)CCC(C)=O)[C@H](O[C@H]3O[C@H](COCc4ccccc4)[C@@H](OCc4ccccc4)[C@H](OCc4ccccc4)[C@H]3OCc3ccccc3)[C@H]2OC(=O)c2ccccc2)[C@@H](OCc2ccc(OC)cc2)[C@H](OCc2ccccc2)[C@H]1N1C(=O)c2ccccc2C1=O. The standard InChI is InChI=1S/C104H113NO23Si/c1-71(106)55-60-88(108)126-92-86(70-122-129(104(2,3)4,80-48-28-13-29-49-80)81-50-30-14-31-51-81)124-102(121-69-85-90(116-67-77-56-58-79(112-5)59-57-77)93(118-64-74-40-20-9-21-41-74)89(101(123-85)115-61-35-15-32-54-87(107)113-6)105-98(109)82-52-33-34-53-83(82)99(105)110)97(127-100(111)78-46-26-12-27-47-78)95(92)128-103-96(120-66-76-44-24-11-25-45-76)94(119-65-75-42-22-10-23-43-75)91(117-63-73-38-18-8-19-39-73)84(125-103)68-114-62-72-36-16-7-17-37-72/h7-14,16-31,33-34,36-53,56-59,84-86,89-97,101-103H,15,32,35,54-55,60-70H2,1-6H3/t84-,85-,86-,89-,90-,91-,92+,93-,94+,95+,96-,97-,101-,102-,103-/m1/s1. The first kappa shape index (κ1) is 94.0. The number of Topliss-reactive ketones (excluding diaryl/α,β-unsaturated/α-hetero) is 1. The summed E-state index contributed by atoms with van der Waals surface area (Å²) in [4.78, 5) is 88.8. The van der Waals surface area contributed by atoms with Gasteiger partial charge < -0.3 is 85.0 Å². The summed E-state index contributed by atoms with van der Waals surface area (Å²) in [5.41, 5.74) is 5.10. The highest BCUT2D eigenvalue weighted by atomic mass is 28.4. The molecule has 0 aromatic heterocycles. The molecule has 0 N–H and O–H groups in total. The molecule has 3 fully saturated rings. The molecule has 0 radical (unpaired) electrons. The minimum absolute atomic E-state index is 0.0129. The van der Waals surface area contributed by atoms with E-state index in [1.54, 1.807) is 73.8 Å². The Kier molecular flexibility index (Phi) is 33.9. The lowest BCUT2D eigenvalue weighted by molar-refractivity contribution is -0.373. The summed E-state index contributed by atoms with van der Waals surface area (Å²) in [6, 6.07) is 88.6. The maximum absolute atomic E-state index is 15.9. The Morgan fingerprint density at radius 2 is 0.806 bits per heavy atom. The Bertz CT molecular complexity index is 5090. The number of ketones is 1. The van der Waals surface area contributed by atoms with Crippen LogP contribution in [0.25, 0.3) is 0 Å². The molecule has 15 atom stereocenters. The Morgan fingerprint density at radius 1 is 0.372 bits per heavy atom. The van der Waals surface area contributed by atoms with E-state index in [2.05, 4.69) is 20.8 Å². The summed E-state index contributed by atoms with van der Waals surface area (Å²) >= 11 is 0. The summed E-state index contributed by atoms with van der Waals surface area (Å²) in [5.74, 6) is -3.10. The third-order valence-electron chi connectivity index (χ3n) is 23.4. The Morgan fingerprint density at radius 3 is 1.31 bits per heavy atom. The summed E-state index contributed by atoms with van der Waals surface area (Å²) in [5, 5.41) is 1.11. The second-order valence-corrected chi connectivity index (χ2v) is 37.7. The minimum atomic E-state index is -3.68. The van der Waals surface area contributed by atoms with Crippen molar-refractivity contribution >= 4 is 54.2 Å². The average molecular weight is 1770 g/mol. The van der Waals surface area contributed by atoms with Crippen LogP contribution in [-0.2, 0) is 130 Å². The van der Waals surface area contributed by atoms with Crippen LogP contribution in [-0.4, -0.2) is 181 Å². The van der Waals surface area contributed by atoms with Crippen molar-refractivity contribution in [2.45, 2.75) is 203 Å². The lowest BCUT2D eigenvalue weighted by atomic mass is 9.94. The van der Waals surface area contributed by atoms with E-state index in [9.17, 15) is 9.59 Å². The van der Waals surface area contributed by atoms with Crippen LogP contribution >= 0.6 is 0 Å². The number of esters is 3. The second kappa shape index (κ2) is 46.4. The van der Waals surface area contributed by atoms with Gasteiger partial charge in [-0.05, 0) is 105 Å². The highest BCUT2D eigenvalue weighted by Crippen LogP contribution is 2.43. The number of hydrogen-bond acceptors (Lipinski definition) is 23. The van der Waals surface area contributed by atoms with E-state index >= 15 is 19.2 Å². The van der Waals surface area contributed by atoms with Crippen LogP contribution in [0.5, 0.6) is 5.75 Å². The molecule has 0 spiro atoms. The fraction of sp³-hybridized carbons (Fsp3) is 0.365. The summed E-state index contributed by atoms with van der Waals surface area (Å²) < 4.78 is 120. The molecule has 0 unspecified atom stereocenters. The first-order valence-electron chi connectivity index (χ1n) is 44.0. The topological polar surface area (TPSA) is 263 Å². The molecule has 0 saturated carbocycles. The van der Waals surface area contributed by atoms with E-state index in [1.807, 2.05) is 224 Å². The van der Waals surface area contributed by atoms with Crippen molar-refractivity contribution in [3.05, 3.63) is 341 Å². The van der Waals surface area contributed by atoms with Crippen LogP contribution in [0.15, 0.2) is 291 Å². The number of methoxy groups -OCH3 is 2. The summed E-state index contributed by atoms with van der Waals surface area (Å²) in [6.45, 7) is 6.68. The molecule has 129 heavy (non-hydrogen) atoms. The molecule has 4 aliphatic rings. The molecule has 14 rings (SSSR count). The van der Waals surface area contributed by atoms with Gasteiger partial charge in [0.25, 0.3) is 20.1 Å². The van der Waals surface area contributed by atoms with Crippen molar-refractivity contribution in [1.29, 1.82) is 0 Å². The normalized spacial score (nSPS) is 22.8. The quantitative estimate of drug-likeness (QED) is 0.0113. The largest absolute Gasteiger partial charge is 0.497 e. The Balaban J connectivity index is 0.952. The van der Waals surface area contributed by atoms with Crippen molar-refractivity contribution in [2.75, 3.05) is 40.6 Å². The number of benzene rings is 10. The van der Waals surface area contributed by atoms with Gasteiger partial charge in [0.15, 0.2) is 31.1 Å². The molecule has 3 saturated heterocycles. The van der Waals surface area contributed by atoms with E-state index in [0.717, 1.165) is 43.1 Å². The van der Waals surface area contributed by atoms with E-state index < -0.39 is 142 Å². The number of rotatable bonds is 44. The van der Waals surface area contributed by atoms with Gasteiger partial charge in [-0.1, -0.05) is 282 Å². The predicted molar refractivity (Wildman–Crippen MR) is 481 cm³/mol. The number of carbonyl (C=O) groups excluding carboxylic acids is 6. The van der Waals surface area contributed by atoms with Crippen LogP contribution in [0.4, 0.5) is 0 Å². The van der Waals surface area contributed by atoms with Crippen LogP contribution in [0, 0.1) is 0 Å². The van der Waals surface area contributed by atoms with Crippen molar-refractivity contribution < 1.29 is 109 Å². The molecule has 0 aliphatic carbocycles. The van der Waals surface area contributed by atoms with E-state index in [4.69, 9.17) is 80.2 Å². The van der Waals surface area contributed by atoms with Gasteiger partial charge in [0.2, 0.25) is 0 Å². The minimum Gasteiger partial charge on any atom is -0.497 e. The van der Waals surface area contributed by atoms with Gasteiger partial charge in [-0.3, -0.25) is 24.1 Å². The number of unbranched alkanes of at least 4 members (excludes halogenated alkanes) is 2. The number of hydrogen-bond donors (Lipinski definition) is 0. The molecule has 10 aromatic rings. The van der Waals surface area contributed by atoms with Gasteiger partial charge in [0.05, 0.1) is 96.8 Å². The van der Waals surface area contributed by atoms with Crippen molar-refractivity contribution in [3.8, 4) is 5.75 Å². The van der Waals surface area contributed by atoms with Crippen LogP contribution in [0.2, 0.25) is 5.04 Å². The molecule has 2 amide bonds. The average Bonchev–Trinajstić information content (AvgIpc) is 1.60. The van der Waals surface area contributed by atoms with Gasteiger partial charge in [-0.25, -0.2) is 4.79 Å². The number of fused-ring (bicyclic) bond motifs is 1. The highest BCUT2D eigenvalue weighted by Gasteiger charge is 2.61. The lowest BCUT2D eigenvalue weighted by Crippen LogP contribution is -2.70. The molecule has 24 nitrogen and oxygen atoms in total. The molecule has 10 aromatic carbocycles. The molecular weight excluding hydrogens is 1660 g/mol. The van der Waals surface area contributed by atoms with Crippen LogP contribution < -0.4 is 15.1 Å². The first-order valence-corrected chi connectivity index (χ1v) is 45.9. The fourth-order valence-corrected chi connectivity index (χ4v) is 21.4. The number of imide groups is 1. The number of amides is 2. The van der Waals surface area contributed by atoms with Crippen LogP contribution in [0.3, 0.4) is 0 Å². The maximum Gasteiger partial charge on any atom is 0.338 e. The zero-order chi connectivity index (χ0) is 89.9. The smallest absolute Gasteiger partial charge is 0.338 e. The third kappa shape index (κ3) is 24.5. The molecule has 676 valence electrons. The Hall–Kier alpha value is -11.1. The second-order valence-electron chi connectivity index (χ2n) is 33.4. The zero-order valence-electron chi connectivity index (χ0n) is 73.5. The van der Waals surface area contributed by atoms with Gasteiger partial charge >= 0.3 is 17.9 Å². The summed E-state index contributed by atoms with van der Waals surface area (Å²) in [7, 11) is -0.779. The van der Waals surface area contributed by atoms with E-state index in [0.29, 0.717) is 30.6 Å². The molecule has 0 bridgehead atoms. The third-order valence-corrected chi connectivity index (χ3v) is 28.4. The van der Waals surface area contributed by atoms with Crippen molar-refractivity contribution in [3.63, 3.8) is 0 Å². The first-order chi connectivity index (χ1) is 62.9. The highest BCUT2D eigenvalue weighted by molar-refractivity contribution is 6.99. The number of ether oxygens (including phenoxy) is 16. The van der Waals surface area contributed by atoms with Gasteiger partial charge in [0.1, 0.15) is 72.5 Å². The van der Waals surface area contributed by atoms with Gasteiger partial charge in [-0.15, -0.1) is 0 Å². The van der Waals surface area contributed by atoms with Crippen LogP contribution in [0.1, 0.15) is 131 Å². The van der Waals surface area contributed by atoms with Gasteiger partial charge in [-0.2, -0.15) is 0 Å². The fourth-order valence-electron chi connectivity index (χ4n) is 16.8. The number of nitrogens with zero attached hydrogens (tertiary/aromatic N) is 1. The van der Waals surface area contributed by atoms with E-state index in [-0.39, 0.29) is 101 Å².